The molecule has 1 fully saturated rings. The first kappa shape index (κ1) is 17.6. The lowest BCUT2D eigenvalue weighted by Crippen LogP contribution is -2.41. The standard InChI is InChI=1S/C17H27N3O3/c1-14(2)13-20-16(18-8-6-15-5-4-10-21-15)19-9-7-17(3)22-11-12-23-17/h4-5,10H,1,6-9,11-13H2,2-3H3,(H2,18,19,20). The van der Waals surface area contributed by atoms with Crippen molar-refractivity contribution in [2.75, 3.05) is 32.8 Å². The number of guanidine groups is 1. The highest BCUT2D eigenvalue weighted by atomic mass is 16.7. The van der Waals surface area contributed by atoms with Gasteiger partial charge in [-0.25, -0.2) is 4.99 Å². The fourth-order valence-corrected chi connectivity index (χ4v) is 2.26. The minimum atomic E-state index is -0.485. The molecule has 2 rings (SSSR count). The Kier molecular flexibility index (Phi) is 6.67. The summed E-state index contributed by atoms with van der Waals surface area (Å²) in [6.45, 7) is 11.2. The molecule has 0 aliphatic carbocycles. The van der Waals surface area contributed by atoms with E-state index in [-0.39, 0.29) is 0 Å². The first-order valence-corrected chi connectivity index (χ1v) is 8.04. The molecule has 0 unspecified atom stereocenters. The lowest BCUT2D eigenvalue weighted by molar-refractivity contribution is -0.145. The molecule has 1 aliphatic heterocycles. The first-order chi connectivity index (χ1) is 11.1. The molecule has 0 spiro atoms. The Hall–Kier alpha value is -1.79. The number of aliphatic imine (C=N–C) groups is 1. The van der Waals surface area contributed by atoms with Crippen LogP contribution in [0.15, 0.2) is 40.0 Å². The maximum Gasteiger partial charge on any atom is 0.191 e. The highest BCUT2D eigenvalue weighted by Gasteiger charge is 2.30. The summed E-state index contributed by atoms with van der Waals surface area (Å²) in [6.07, 6.45) is 3.26. The average Bonchev–Trinajstić information content (AvgIpc) is 3.16. The minimum absolute atomic E-state index is 0.485. The molecule has 1 aromatic rings. The maximum atomic E-state index is 5.60. The van der Waals surface area contributed by atoms with E-state index in [1.807, 2.05) is 26.0 Å². The molecule has 6 heteroatoms. The first-order valence-electron chi connectivity index (χ1n) is 8.04. The van der Waals surface area contributed by atoms with Crippen LogP contribution in [0.1, 0.15) is 26.0 Å². The zero-order valence-corrected chi connectivity index (χ0v) is 14.1. The van der Waals surface area contributed by atoms with Crippen molar-refractivity contribution in [2.24, 2.45) is 4.99 Å². The van der Waals surface area contributed by atoms with Crippen LogP contribution in [0.3, 0.4) is 0 Å². The molecule has 1 aromatic heterocycles. The van der Waals surface area contributed by atoms with Gasteiger partial charge in [0.05, 0.1) is 26.0 Å². The van der Waals surface area contributed by atoms with Gasteiger partial charge in [-0.15, -0.1) is 0 Å². The summed E-state index contributed by atoms with van der Waals surface area (Å²) < 4.78 is 16.5. The van der Waals surface area contributed by atoms with E-state index in [9.17, 15) is 0 Å². The molecule has 0 amide bonds. The van der Waals surface area contributed by atoms with Crippen molar-refractivity contribution in [3.8, 4) is 0 Å². The summed E-state index contributed by atoms with van der Waals surface area (Å²) in [5, 5.41) is 6.62. The smallest absolute Gasteiger partial charge is 0.191 e. The number of rotatable bonds is 8. The third kappa shape index (κ3) is 6.46. The lowest BCUT2D eigenvalue weighted by Gasteiger charge is -2.23. The van der Waals surface area contributed by atoms with Crippen LogP contribution in [0.5, 0.6) is 0 Å². The molecule has 1 saturated heterocycles. The molecule has 2 heterocycles. The van der Waals surface area contributed by atoms with Gasteiger partial charge < -0.3 is 24.5 Å². The van der Waals surface area contributed by atoms with Gasteiger partial charge >= 0.3 is 0 Å². The van der Waals surface area contributed by atoms with Gasteiger partial charge in [0.15, 0.2) is 11.7 Å². The van der Waals surface area contributed by atoms with E-state index < -0.39 is 5.79 Å². The molecule has 2 N–H and O–H groups in total. The molecule has 128 valence electrons. The predicted octanol–water partition coefficient (Wildman–Crippen LogP) is 2.09. The summed E-state index contributed by atoms with van der Waals surface area (Å²) in [7, 11) is 0. The number of ether oxygens (including phenoxy) is 2. The van der Waals surface area contributed by atoms with Crippen molar-refractivity contribution in [1.82, 2.24) is 10.6 Å². The van der Waals surface area contributed by atoms with E-state index in [2.05, 4.69) is 22.2 Å². The van der Waals surface area contributed by atoms with Crippen molar-refractivity contribution in [3.05, 3.63) is 36.3 Å². The fraction of sp³-hybridized carbons (Fsp3) is 0.588. The number of hydrogen-bond acceptors (Lipinski definition) is 4. The van der Waals surface area contributed by atoms with Gasteiger partial charge in [0.25, 0.3) is 0 Å². The Balaban J connectivity index is 1.76. The average molecular weight is 321 g/mol. The third-order valence-electron chi connectivity index (χ3n) is 3.52. The zero-order chi connectivity index (χ0) is 16.5. The van der Waals surface area contributed by atoms with E-state index in [0.29, 0.717) is 19.8 Å². The summed E-state index contributed by atoms with van der Waals surface area (Å²) in [5.41, 5.74) is 1.02. The molecular formula is C17H27N3O3. The van der Waals surface area contributed by atoms with Crippen LogP contribution < -0.4 is 10.6 Å². The van der Waals surface area contributed by atoms with E-state index in [1.54, 1.807) is 6.26 Å². The minimum Gasteiger partial charge on any atom is -0.469 e. The largest absolute Gasteiger partial charge is 0.469 e. The number of nitrogens with zero attached hydrogens (tertiary/aromatic N) is 1. The van der Waals surface area contributed by atoms with Crippen LogP contribution in [-0.2, 0) is 15.9 Å². The molecule has 0 radical (unpaired) electrons. The Bertz CT molecular complexity index is 505. The van der Waals surface area contributed by atoms with Crippen molar-refractivity contribution < 1.29 is 13.9 Å². The molecule has 0 saturated carbocycles. The molecule has 0 atom stereocenters. The van der Waals surface area contributed by atoms with Gasteiger partial charge in [0.2, 0.25) is 0 Å². The molecule has 1 aliphatic rings. The second-order valence-corrected chi connectivity index (χ2v) is 5.89. The van der Waals surface area contributed by atoms with Crippen LogP contribution in [0.4, 0.5) is 0 Å². The SMILES string of the molecule is C=C(C)CN=C(NCCc1ccco1)NCCC1(C)OCCO1. The molecular weight excluding hydrogens is 294 g/mol. The molecule has 0 aromatic carbocycles. The Morgan fingerprint density at radius 3 is 2.70 bits per heavy atom. The lowest BCUT2D eigenvalue weighted by atomic mass is 10.2. The van der Waals surface area contributed by atoms with Gasteiger partial charge in [-0.1, -0.05) is 12.2 Å². The highest BCUT2D eigenvalue weighted by molar-refractivity contribution is 5.79. The van der Waals surface area contributed by atoms with Gasteiger partial charge in [-0.05, 0) is 26.0 Å². The Labute approximate surface area is 137 Å². The van der Waals surface area contributed by atoms with Crippen molar-refractivity contribution in [3.63, 3.8) is 0 Å². The van der Waals surface area contributed by atoms with Crippen LogP contribution in [-0.4, -0.2) is 44.6 Å². The highest BCUT2D eigenvalue weighted by Crippen LogP contribution is 2.21. The van der Waals surface area contributed by atoms with Crippen LogP contribution in [0.2, 0.25) is 0 Å². The number of furan rings is 1. The van der Waals surface area contributed by atoms with Gasteiger partial charge in [0.1, 0.15) is 5.76 Å². The summed E-state index contributed by atoms with van der Waals surface area (Å²) >= 11 is 0. The predicted molar refractivity (Wildman–Crippen MR) is 90.5 cm³/mol. The Morgan fingerprint density at radius 1 is 1.30 bits per heavy atom. The number of hydrogen-bond donors (Lipinski definition) is 2. The van der Waals surface area contributed by atoms with Gasteiger partial charge in [-0.2, -0.15) is 0 Å². The molecule has 23 heavy (non-hydrogen) atoms. The second-order valence-electron chi connectivity index (χ2n) is 5.89. The van der Waals surface area contributed by atoms with Gasteiger partial charge in [-0.3, -0.25) is 0 Å². The van der Waals surface area contributed by atoms with E-state index >= 15 is 0 Å². The van der Waals surface area contributed by atoms with Crippen molar-refractivity contribution >= 4 is 5.96 Å². The van der Waals surface area contributed by atoms with E-state index in [4.69, 9.17) is 13.9 Å². The topological polar surface area (TPSA) is 68.0 Å². The van der Waals surface area contributed by atoms with Crippen LogP contribution in [0.25, 0.3) is 0 Å². The van der Waals surface area contributed by atoms with Crippen molar-refractivity contribution in [1.29, 1.82) is 0 Å². The van der Waals surface area contributed by atoms with Crippen LogP contribution in [0, 0.1) is 0 Å². The van der Waals surface area contributed by atoms with E-state index in [0.717, 1.165) is 43.2 Å². The number of nitrogens with one attached hydrogen (secondary N) is 2. The maximum absolute atomic E-state index is 5.60. The third-order valence-corrected chi connectivity index (χ3v) is 3.52. The second kappa shape index (κ2) is 8.74. The quantitative estimate of drug-likeness (QED) is 0.436. The van der Waals surface area contributed by atoms with E-state index in [1.165, 1.54) is 0 Å². The summed E-state index contributed by atoms with van der Waals surface area (Å²) in [5.74, 6) is 1.24. The summed E-state index contributed by atoms with van der Waals surface area (Å²) in [6, 6.07) is 3.86. The van der Waals surface area contributed by atoms with Crippen LogP contribution >= 0.6 is 0 Å². The Morgan fingerprint density at radius 2 is 2.04 bits per heavy atom. The monoisotopic (exact) mass is 321 g/mol. The van der Waals surface area contributed by atoms with Crippen molar-refractivity contribution in [2.45, 2.75) is 32.5 Å². The molecule has 0 bridgehead atoms. The molecule has 6 nitrogen and oxygen atoms in total. The zero-order valence-electron chi connectivity index (χ0n) is 14.1. The van der Waals surface area contributed by atoms with Gasteiger partial charge in [0, 0.05) is 25.9 Å². The fourth-order valence-electron chi connectivity index (χ4n) is 2.26. The summed E-state index contributed by atoms with van der Waals surface area (Å²) in [4.78, 5) is 4.51. The normalized spacial score (nSPS) is 17.2.